The second kappa shape index (κ2) is 5.87. The van der Waals surface area contributed by atoms with Crippen LogP contribution in [0.25, 0.3) is 0 Å². The number of nitro benzene ring substituents is 1. The van der Waals surface area contributed by atoms with Gasteiger partial charge >= 0.3 is 5.97 Å². The number of nitrogens with zero attached hydrogens (tertiary/aromatic N) is 1. The van der Waals surface area contributed by atoms with E-state index in [-0.39, 0.29) is 28.2 Å². The number of nitrogens with one attached hydrogen (secondary N) is 1. The number of hydrogen-bond acceptors (Lipinski definition) is 5. The van der Waals surface area contributed by atoms with Crippen LogP contribution in [0.15, 0.2) is 18.2 Å². The summed E-state index contributed by atoms with van der Waals surface area (Å²) in [6.07, 6.45) is 1.88. The minimum Gasteiger partial charge on any atom is -0.452 e. The Labute approximate surface area is 119 Å². The van der Waals surface area contributed by atoms with E-state index >= 15 is 0 Å². The van der Waals surface area contributed by atoms with Gasteiger partial charge in [0.25, 0.3) is 11.6 Å². The molecule has 0 unspecified atom stereocenters. The standard InChI is InChI=1S/C12H11ClN2O5/c13-10-5-8(15(18)19)3-4-9(10)12(17)20-6-11(16)14-7-1-2-7/h3-5,7H,1-2,6H2,(H,14,16). The van der Waals surface area contributed by atoms with E-state index in [0.29, 0.717) is 0 Å². The molecule has 0 spiro atoms. The summed E-state index contributed by atoms with van der Waals surface area (Å²) in [7, 11) is 0. The lowest BCUT2D eigenvalue weighted by Gasteiger charge is -2.06. The van der Waals surface area contributed by atoms with Crippen molar-refractivity contribution in [2.45, 2.75) is 18.9 Å². The van der Waals surface area contributed by atoms with Crippen LogP contribution in [0, 0.1) is 10.1 Å². The second-order valence-electron chi connectivity index (χ2n) is 4.34. The molecule has 1 N–H and O–H groups in total. The highest BCUT2D eigenvalue weighted by atomic mass is 35.5. The van der Waals surface area contributed by atoms with Crippen molar-refractivity contribution in [3.8, 4) is 0 Å². The molecule has 0 atom stereocenters. The molecule has 1 aliphatic carbocycles. The number of rotatable bonds is 5. The minimum absolute atomic E-state index is 0.0171. The summed E-state index contributed by atoms with van der Waals surface area (Å²) >= 11 is 5.77. The molecule has 1 aromatic rings. The van der Waals surface area contributed by atoms with Crippen molar-refractivity contribution in [3.63, 3.8) is 0 Å². The van der Waals surface area contributed by atoms with Crippen LogP contribution < -0.4 is 5.32 Å². The maximum Gasteiger partial charge on any atom is 0.340 e. The third kappa shape index (κ3) is 3.67. The predicted molar refractivity (Wildman–Crippen MR) is 69.6 cm³/mol. The van der Waals surface area contributed by atoms with Crippen molar-refractivity contribution < 1.29 is 19.2 Å². The average Bonchev–Trinajstić information content (AvgIpc) is 3.19. The Bertz CT molecular complexity index is 571. The first kappa shape index (κ1) is 14.3. The zero-order chi connectivity index (χ0) is 14.7. The fourth-order valence-corrected chi connectivity index (χ4v) is 1.74. The summed E-state index contributed by atoms with van der Waals surface area (Å²) in [4.78, 5) is 33.0. The Morgan fingerprint density at radius 2 is 2.15 bits per heavy atom. The predicted octanol–water partition coefficient (Wildman–Crippen LogP) is 1.68. The molecular weight excluding hydrogens is 288 g/mol. The van der Waals surface area contributed by atoms with E-state index in [0.717, 1.165) is 25.0 Å². The van der Waals surface area contributed by atoms with Gasteiger partial charge in [-0.3, -0.25) is 14.9 Å². The van der Waals surface area contributed by atoms with E-state index in [1.165, 1.54) is 6.07 Å². The summed E-state index contributed by atoms with van der Waals surface area (Å²) in [5.41, 5.74) is -0.241. The van der Waals surface area contributed by atoms with Crippen LogP contribution >= 0.6 is 11.6 Å². The van der Waals surface area contributed by atoms with E-state index in [9.17, 15) is 19.7 Å². The highest BCUT2D eigenvalue weighted by Crippen LogP contribution is 2.23. The van der Waals surface area contributed by atoms with Crippen LogP contribution in [0.3, 0.4) is 0 Å². The van der Waals surface area contributed by atoms with Gasteiger partial charge in [0.05, 0.1) is 15.5 Å². The number of carbonyl (C=O) groups excluding carboxylic acids is 2. The lowest BCUT2D eigenvalue weighted by atomic mass is 10.2. The van der Waals surface area contributed by atoms with Gasteiger partial charge in [-0.05, 0) is 18.9 Å². The number of amides is 1. The normalized spacial score (nSPS) is 13.7. The Balaban J connectivity index is 1.94. The molecule has 0 bridgehead atoms. The second-order valence-corrected chi connectivity index (χ2v) is 4.75. The Morgan fingerprint density at radius 1 is 1.45 bits per heavy atom. The van der Waals surface area contributed by atoms with Crippen molar-refractivity contribution in [3.05, 3.63) is 38.9 Å². The lowest BCUT2D eigenvalue weighted by molar-refractivity contribution is -0.384. The third-order valence-corrected chi connectivity index (χ3v) is 2.97. The fourth-order valence-electron chi connectivity index (χ4n) is 1.49. The molecule has 106 valence electrons. The summed E-state index contributed by atoms with van der Waals surface area (Å²) < 4.78 is 4.79. The number of ether oxygens (including phenoxy) is 1. The molecule has 0 radical (unpaired) electrons. The number of benzene rings is 1. The van der Waals surface area contributed by atoms with E-state index in [4.69, 9.17) is 16.3 Å². The van der Waals surface area contributed by atoms with E-state index in [1.54, 1.807) is 0 Å². The first-order valence-corrected chi connectivity index (χ1v) is 6.25. The molecule has 0 aliphatic heterocycles. The van der Waals surface area contributed by atoms with Gasteiger partial charge in [-0.1, -0.05) is 11.6 Å². The molecule has 7 nitrogen and oxygen atoms in total. The monoisotopic (exact) mass is 298 g/mol. The van der Waals surface area contributed by atoms with Crippen molar-refractivity contribution >= 4 is 29.2 Å². The number of halogens is 1. The van der Waals surface area contributed by atoms with E-state index in [1.807, 2.05) is 0 Å². The Morgan fingerprint density at radius 3 is 2.70 bits per heavy atom. The van der Waals surface area contributed by atoms with Crippen LogP contribution in [0.4, 0.5) is 5.69 Å². The van der Waals surface area contributed by atoms with Crippen molar-refractivity contribution in [1.82, 2.24) is 5.32 Å². The van der Waals surface area contributed by atoms with Gasteiger partial charge in [0.15, 0.2) is 6.61 Å². The molecule has 1 fully saturated rings. The SMILES string of the molecule is O=C(COC(=O)c1ccc([N+](=O)[O-])cc1Cl)NC1CC1. The topological polar surface area (TPSA) is 98.5 Å². The molecule has 8 heteroatoms. The van der Waals surface area contributed by atoms with Crippen molar-refractivity contribution in [2.75, 3.05) is 6.61 Å². The zero-order valence-corrected chi connectivity index (χ0v) is 11.1. The van der Waals surface area contributed by atoms with Gasteiger partial charge in [-0.2, -0.15) is 0 Å². The Hall–Kier alpha value is -2.15. The van der Waals surface area contributed by atoms with Gasteiger partial charge in [-0.25, -0.2) is 4.79 Å². The average molecular weight is 299 g/mol. The van der Waals surface area contributed by atoms with Gasteiger partial charge in [0.2, 0.25) is 0 Å². The molecular formula is C12H11ClN2O5. The van der Waals surface area contributed by atoms with Crippen LogP contribution in [0.1, 0.15) is 23.2 Å². The van der Waals surface area contributed by atoms with Crippen LogP contribution in [0.5, 0.6) is 0 Å². The van der Waals surface area contributed by atoms with Gasteiger partial charge in [0, 0.05) is 18.2 Å². The van der Waals surface area contributed by atoms with Crippen LogP contribution in [-0.4, -0.2) is 29.4 Å². The molecule has 0 heterocycles. The van der Waals surface area contributed by atoms with Crippen LogP contribution in [-0.2, 0) is 9.53 Å². The smallest absolute Gasteiger partial charge is 0.340 e. The van der Waals surface area contributed by atoms with Gasteiger partial charge in [0.1, 0.15) is 0 Å². The Kier molecular flexibility index (Phi) is 4.19. The summed E-state index contributed by atoms with van der Waals surface area (Å²) in [6.45, 7) is -0.400. The molecule has 1 aromatic carbocycles. The van der Waals surface area contributed by atoms with Crippen molar-refractivity contribution in [1.29, 1.82) is 0 Å². The molecule has 1 saturated carbocycles. The molecule has 0 saturated heterocycles. The first-order chi connectivity index (χ1) is 9.47. The largest absolute Gasteiger partial charge is 0.452 e. The maximum atomic E-state index is 11.7. The maximum absolute atomic E-state index is 11.7. The first-order valence-electron chi connectivity index (χ1n) is 5.88. The number of carbonyl (C=O) groups is 2. The lowest BCUT2D eigenvalue weighted by Crippen LogP contribution is -2.30. The minimum atomic E-state index is -0.796. The number of nitro groups is 1. The quantitative estimate of drug-likeness (QED) is 0.506. The third-order valence-electron chi connectivity index (χ3n) is 2.66. The highest BCUT2D eigenvalue weighted by molar-refractivity contribution is 6.33. The number of hydrogen-bond donors (Lipinski definition) is 1. The zero-order valence-electron chi connectivity index (χ0n) is 10.3. The molecule has 20 heavy (non-hydrogen) atoms. The summed E-state index contributed by atoms with van der Waals surface area (Å²) in [5.74, 6) is -1.17. The van der Waals surface area contributed by atoms with E-state index in [2.05, 4.69) is 5.32 Å². The summed E-state index contributed by atoms with van der Waals surface area (Å²) in [6, 6.07) is 3.58. The molecule has 0 aromatic heterocycles. The van der Waals surface area contributed by atoms with E-state index < -0.39 is 17.5 Å². The molecule has 1 aliphatic rings. The fraction of sp³-hybridized carbons (Fsp3) is 0.333. The van der Waals surface area contributed by atoms with Gasteiger partial charge < -0.3 is 10.1 Å². The van der Waals surface area contributed by atoms with Gasteiger partial charge in [-0.15, -0.1) is 0 Å². The van der Waals surface area contributed by atoms with Crippen molar-refractivity contribution in [2.24, 2.45) is 0 Å². The number of esters is 1. The highest BCUT2D eigenvalue weighted by Gasteiger charge is 2.24. The molecule has 2 rings (SSSR count). The van der Waals surface area contributed by atoms with Crippen LogP contribution in [0.2, 0.25) is 5.02 Å². The number of non-ortho nitro benzene ring substituents is 1. The molecule has 1 amide bonds. The summed E-state index contributed by atoms with van der Waals surface area (Å²) in [5, 5.41) is 13.1.